The number of carbonyl (C=O) groups excluding carboxylic acids is 1. The van der Waals surface area contributed by atoms with Gasteiger partial charge in [0.25, 0.3) is 0 Å². The van der Waals surface area contributed by atoms with E-state index in [0.29, 0.717) is 5.78 Å². The largest absolute Gasteiger partial charge is 0.298 e. The van der Waals surface area contributed by atoms with Gasteiger partial charge < -0.3 is 0 Å². The maximum Gasteiger partial charge on any atom is 0.149 e. The van der Waals surface area contributed by atoms with Crippen LogP contribution in [-0.4, -0.2) is 30.3 Å². The lowest BCUT2D eigenvalue weighted by Gasteiger charge is -2.25. The Morgan fingerprint density at radius 2 is 2.07 bits per heavy atom. The molecule has 2 aliphatic rings. The third kappa shape index (κ3) is 2.81. The summed E-state index contributed by atoms with van der Waals surface area (Å²) in [6, 6.07) is 0.236. The molecule has 0 heterocycles. The van der Waals surface area contributed by atoms with Gasteiger partial charge in [-0.3, -0.25) is 9.69 Å². The Kier molecular flexibility index (Phi) is 3.45. The summed E-state index contributed by atoms with van der Waals surface area (Å²) in [6.45, 7) is 3.45. The fourth-order valence-electron chi connectivity index (χ4n) is 2.76. The van der Waals surface area contributed by atoms with Crippen molar-refractivity contribution in [1.82, 2.24) is 4.90 Å². The van der Waals surface area contributed by atoms with Crippen LogP contribution in [0.4, 0.5) is 0 Å². The van der Waals surface area contributed by atoms with Crippen molar-refractivity contribution in [2.75, 3.05) is 13.6 Å². The molecule has 0 aliphatic heterocycles. The first-order chi connectivity index (χ1) is 7.18. The van der Waals surface area contributed by atoms with Crippen LogP contribution in [0.1, 0.15) is 45.4 Å². The molecular formula is C13H23NO. The highest BCUT2D eigenvalue weighted by Gasteiger charge is 2.35. The van der Waals surface area contributed by atoms with Gasteiger partial charge in [0.15, 0.2) is 0 Å². The first-order valence-corrected chi connectivity index (χ1v) is 6.41. The second-order valence-corrected chi connectivity index (χ2v) is 5.49. The van der Waals surface area contributed by atoms with E-state index < -0.39 is 0 Å². The van der Waals surface area contributed by atoms with Gasteiger partial charge in [-0.25, -0.2) is 0 Å². The third-order valence-corrected chi connectivity index (χ3v) is 4.10. The molecule has 2 saturated carbocycles. The van der Waals surface area contributed by atoms with Crippen LogP contribution in [0.2, 0.25) is 0 Å². The summed E-state index contributed by atoms with van der Waals surface area (Å²) in [7, 11) is 2.14. The van der Waals surface area contributed by atoms with E-state index in [-0.39, 0.29) is 6.04 Å². The average molecular weight is 209 g/mol. The zero-order valence-corrected chi connectivity index (χ0v) is 10.0. The van der Waals surface area contributed by atoms with Gasteiger partial charge in [0.1, 0.15) is 5.78 Å². The van der Waals surface area contributed by atoms with Gasteiger partial charge in [0.05, 0.1) is 6.04 Å². The predicted molar refractivity (Wildman–Crippen MR) is 61.8 cm³/mol. The second-order valence-electron chi connectivity index (χ2n) is 5.49. The van der Waals surface area contributed by atoms with Gasteiger partial charge in [-0.2, -0.15) is 0 Å². The monoisotopic (exact) mass is 209 g/mol. The molecule has 2 aliphatic carbocycles. The minimum absolute atomic E-state index is 0.236. The highest BCUT2D eigenvalue weighted by Crippen LogP contribution is 2.38. The van der Waals surface area contributed by atoms with Gasteiger partial charge in [-0.15, -0.1) is 0 Å². The van der Waals surface area contributed by atoms with E-state index in [2.05, 4.69) is 18.9 Å². The van der Waals surface area contributed by atoms with Crippen molar-refractivity contribution in [1.29, 1.82) is 0 Å². The molecule has 0 aromatic carbocycles. The summed E-state index contributed by atoms with van der Waals surface area (Å²) >= 11 is 0. The van der Waals surface area contributed by atoms with Crippen LogP contribution < -0.4 is 0 Å². The molecule has 2 nitrogen and oxygen atoms in total. The zero-order chi connectivity index (χ0) is 10.8. The number of hydrogen-bond acceptors (Lipinski definition) is 2. The van der Waals surface area contributed by atoms with E-state index in [0.717, 1.165) is 37.6 Å². The van der Waals surface area contributed by atoms with Crippen molar-refractivity contribution in [2.24, 2.45) is 11.8 Å². The summed E-state index contributed by atoms with van der Waals surface area (Å²) in [4.78, 5) is 14.2. The fourth-order valence-corrected chi connectivity index (χ4v) is 2.76. The molecule has 2 fully saturated rings. The van der Waals surface area contributed by atoms with Crippen molar-refractivity contribution >= 4 is 5.78 Å². The van der Waals surface area contributed by atoms with E-state index >= 15 is 0 Å². The van der Waals surface area contributed by atoms with E-state index in [1.54, 1.807) is 0 Å². The minimum atomic E-state index is 0.236. The topological polar surface area (TPSA) is 20.3 Å². The molecule has 0 aromatic heterocycles. The Labute approximate surface area is 93.0 Å². The van der Waals surface area contributed by atoms with Crippen LogP contribution >= 0.6 is 0 Å². The molecule has 2 rings (SSSR count). The molecule has 86 valence electrons. The first kappa shape index (κ1) is 11.1. The molecule has 0 aromatic rings. The molecule has 0 saturated heterocycles. The van der Waals surface area contributed by atoms with Crippen LogP contribution in [0, 0.1) is 11.8 Å². The van der Waals surface area contributed by atoms with Crippen molar-refractivity contribution in [2.45, 2.75) is 51.5 Å². The Balaban J connectivity index is 1.86. The highest BCUT2D eigenvalue weighted by atomic mass is 16.1. The lowest BCUT2D eigenvalue weighted by atomic mass is 10.1. The van der Waals surface area contributed by atoms with Crippen molar-refractivity contribution in [3.8, 4) is 0 Å². The maximum absolute atomic E-state index is 11.9. The predicted octanol–water partition coefficient (Wildman–Crippen LogP) is 2.48. The number of nitrogens with zero attached hydrogens (tertiary/aromatic N) is 1. The van der Waals surface area contributed by atoms with Gasteiger partial charge in [-0.1, -0.05) is 19.8 Å². The van der Waals surface area contributed by atoms with Gasteiger partial charge in [0.2, 0.25) is 0 Å². The van der Waals surface area contributed by atoms with Crippen molar-refractivity contribution in [3.05, 3.63) is 0 Å². The lowest BCUT2D eigenvalue weighted by molar-refractivity contribution is -0.123. The van der Waals surface area contributed by atoms with E-state index in [1.165, 1.54) is 19.3 Å². The number of Topliss-reactive ketones (excluding diaryl/α,β-unsaturated/α-hetero) is 1. The molecular weight excluding hydrogens is 186 g/mol. The standard InChI is InChI=1S/C13H23NO/c1-10-8-11(10)9-14(2)12-6-4-3-5-7-13(12)15/h10-12H,3-9H2,1-2H3. The lowest BCUT2D eigenvalue weighted by Crippen LogP contribution is -2.39. The highest BCUT2D eigenvalue weighted by molar-refractivity contribution is 5.84. The van der Waals surface area contributed by atoms with Crippen LogP contribution in [0.25, 0.3) is 0 Å². The Bertz CT molecular complexity index is 239. The van der Waals surface area contributed by atoms with Crippen LogP contribution in [0.3, 0.4) is 0 Å². The summed E-state index contributed by atoms with van der Waals surface area (Å²) < 4.78 is 0. The molecule has 0 bridgehead atoms. The van der Waals surface area contributed by atoms with Crippen LogP contribution in [0.5, 0.6) is 0 Å². The maximum atomic E-state index is 11.9. The Morgan fingerprint density at radius 1 is 1.33 bits per heavy atom. The number of likely N-dealkylation sites (N-methyl/N-ethyl adjacent to an activating group) is 1. The molecule has 0 N–H and O–H groups in total. The van der Waals surface area contributed by atoms with Crippen LogP contribution in [-0.2, 0) is 4.79 Å². The minimum Gasteiger partial charge on any atom is -0.298 e. The fraction of sp³-hybridized carbons (Fsp3) is 0.923. The SMILES string of the molecule is CC1CC1CN(C)C1CCCCCC1=O. The summed E-state index contributed by atoms with van der Waals surface area (Å²) in [5.74, 6) is 2.25. The molecule has 0 amide bonds. The number of carbonyl (C=O) groups is 1. The molecule has 3 unspecified atom stereocenters. The van der Waals surface area contributed by atoms with E-state index in [9.17, 15) is 4.79 Å². The Morgan fingerprint density at radius 3 is 2.73 bits per heavy atom. The van der Waals surface area contributed by atoms with Crippen molar-refractivity contribution < 1.29 is 4.79 Å². The normalized spacial score (nSPS) is 36.7. The van der Waals surface area contributed by atoms with Gasteiger partial charge in [0, 0.05) is 13.0 Å². The number of hydrogen-bond donors (Lipinski definition) is 0. The molecule has 3 atom stereocenters. The van der Waals surface area contributed by atoms with E-state index in [1.807, 2.05) is 0 Å². The van der Waals surface area contributed by atoms with Crippen LogP contribution in [0.15, 0.2) is 0 Å². The zero-order valence-electron chi connectivity index (χ0n) is 10.0. The van der Waals surface area contributed by atoms with Gasteiger partial charge >= 0.3 is 0 Å². The number of rotatable bonds is 3. The quantitative estimate of drug-likeness (QED) is 0.666. The first-order valence-electron chi connectivity index (χ1n) is 6.41. The van der Waals surface area contributed by atoms with Gasteiger partial charge in [-0.05, 0) is 38.1 Å². The average Bonchev–Trinajstić information content (AvgIpc) is 2.90. The third-order valence-electron chi connectivity index (χ3n) is 4.10. The molecule has 2 heteroatoms. The Hall–Kier alpha value is -0.370. The molecule has 0 spiro atoms. The summed E-state index contributed by atoms with van der Waals surface area (Å²) in [6.07, 6.45) is 6.87. The number of ketones is 1. The smallest absolute Gasteiger partial charge is 0.149 e. The van der Waals surface area contributed by atoms with Crippen molar-refractivity contribution in [3.63, 3.8) is 0 Å². The molecule has 0 radical (unpaired) electrons. The van der Waals surface area contributed by atoms with E-state index in [4.69, 9.17) is 0 Å². The second kappa shape index (κ2) is 4.65. The summed E-state index contributed by atoms with van der Waals surface area (Å²) in [5.41, 5.74) is 0. The molecule has 15 heavy (non-hydrogen) atoms. The summed E-state index contributed by atoms with van der Waals surface area (Å²) in [5, 5.41) is 0.